The largest absolute Gasteiger partial charge is 0.372 e. The number of nitrogens with zero attached hydrogens (tertiary/aromatic N) is 2. The number of unbranched alkanes of at least 4 members (excludes halogenated alkanes) is 2. The molecule has 2 fully saturated rings. The van der Waals surface area contributed by atoms with Gasteiger partial charge in [-0.15, -0.1) is 0 Å². The van der Waals surface area contributed by atoms with Crippen molar-refractivity contribution in [2.75, 3.05) is 31.2 Å². The van der Waals surface area contributed by atoms with E-state index in [1.54, 1.807) is 4.90 Å². The maximum Gasteiger partial charge on any atom is 0.255 e. The van der Waals surface area contributed by atoms with Gasteiger partial charge in [0.05, 0.1) is 0 Å². The molecule has 3 aliphatic rings. The quantitative estimate of drug-likeness (QED) is 0.293. The molecule has 192 valence electrons. The van der Waals surface area contributed by atoms with Crippen molar-refractivity contribution in [3.8, 4) is 0 Å². The lowest BCUT2D eigenvalue weighted by molar-refractivity contribution is -0.177. The summed E-state index contributed by atoms with van der Waals surface area (Å²) in [4.78, 5) is 40.7. The first kappa shape index (κ1) is 25.6. The van der Waals surface area contributed by atoms with Crippen molar-refractivity contribution in [3.63, 3.8) is 0 Å². The summed E-state index contributed by atoms with van der Waals surface area (Å²) in [6.45, 7) is 8.07. The minimum atomic E-state index is -0.579. The molecule has 8 heteroatoms. The molecule has 0 aliphatic carbocycles. The molecule has 0 aromatic heterocycles. The van der Waals surface area contributed by atoms with Gasteiger partial charge < -0.3 is 19.3 Å². The van der Waals surface area contributed by atoms with Crippen LogP contribution in [0.25, 0.3) is 0 Å². The normalized spacial score (nSPS) is 21.1. The number of nitrogens with one attached hydrogen (secondary N) is 1. The minimum absolute atomic E-state index is 0.129. The summed E-state index contributed by atoms with van der Waals surface area (Å²) in [5.41, 5.74) is 2.71. The first-order chi connectivity index (χ1) is 17.0. The van der Waals surface area contributed by atoms with Crippen LogP contribution >= 0.6 is 0 Å². The highest BCUT2D eigenvalue weighted by Crippen LogP contribution is 2.33. The van der Waals surface area contributed by atoms with Crippen LogP contribution in [-0.4, -0.2) is 61.3 Å². The fourth-order valence-electron chi connectivity index (χ4n) is 5.20. The number of rotatable bonds is 11. The number of piperidine rings is 2. The lowest BCUT2D eigenvalue weighted by atomic mass is 9.95. The molecule has 1 atom stereocenters. The van der Waals surface area contributed by atoms with Gasteiger partial charge >= 0.3 is 0 Å². The number of anilines is 1. The first-order valence-electron chi connectivity index (χ1n) is 13.3. The van der Waals surface area contributed by atoms with Crippen molar-refractivity contribution in [2.24, 2.45) is 5.92 Å². The van der Waals surface area contributed by atoms with Crippen molar-refractivity contribution in [3.05, 3.63) is 29.3 Å². The monoisotopic (exact) mass is 485 g/mol. The zero-order valence-corrected chi connectivity index (χ0v) is 21.1. The molecule has 0 radical (unpaired) electrons. The Kier molecular flexibility index (Phi) is 8.78. The molecule has 1 aromatic rings. The van der Waals surface area contributed by atoms with Gasteiger partial charge in [0.2, 0.25) is 11.8 Å². The average molecular weight is 486 g/mol. The third-order valence-corrected chi connectivity index (χ3v) is 7.36. The van der Waals surface area contributed by atoms with E-state index in [4.69, 9.17) is 9.47 Å². The van der Waals surface area contributed by atoms with E-state index in [0.717, 1.165) is 76.1 Å². The van der Waals surface area contributed by atoms with E-state index in [1.807, 2.05) is 12.1 Å². The maximum absolute atomic E-state index is 13.0. The highest BCUT2D eigenvalue weighted by atomic mass is 16.7. The Hall–Kier alpha value is -2.45. The van der Waals surface area contributed by atoms with Gasteiger partial charge in [0.15, 0.2) is 6.29 Å². The van der Waals surface area contributed by atoms with E-state index in [2.05, 4.69) is 30.1 Å². The minimum Gasteiger partial charge on any atom is -0.372 e. The molecular weight excluding hydrogens is 446 g/mol. The van der Waals surface area contributed by atoms with Crippen LogP contribution in [-0.2, 0) is 25.6 Å². The highest BCUT2D eigenvalue weighted by molar-refractivity contribution is 6.05. The Morgan fingerprint density at radius 2 is 1.69 bits per heavy atom. The Bertz CT molecular complexity index is 902. The molecule has 0 bridgehead atoms. The van der Waals surface area contributed by atoms with Gasteiger partial charge in [0, 0.05) is 56.4 Å². The Morgan fingerprint density at radius 3 is 2.31 bits per heavy atom. The van der Waals surface area contributed by atoms with Crippen LogP contribution in [0.4, 0.5) is 5.69 Å². The summed E-state index contributed by atoms with van der Waals surface area (Å²) in [7, 11) is 0. The summed E-state index contributed by atoms with van der Waals surface area (Å²) in [5, 5.41) is 2.36. The standard InChI is InChI=1S/C27H39N3O5/c1-3-5-15-34-27(35-16-6-4-2)19-11-13-29(14-12-19)21-7-8-22-20(17-21)18-30(26(22)33)23-9-10-24(31)28-25(23)32/h7-8,17,19,23,27H,3-6,9-16,18H2,1-2H3,(H,28,31,32)/t23-/m0/s1. The first-order valence-corrected chi connectivity index (χ1v) is 13.3. The summed E-state index contributed by atoms with van der Waals surface area (Å²) in [5.74, 6) is -0.383. The Morgan fingerprint density at radius 1 is 1.00 bits per heavy atom. The molecule has 35 heavy (non-hydrogen) atoms. The SMILES string of the molecule is CCCCOC(OCCCC)C1CCN(c2ccc3c(c2)CN([C@H]2CCC(=O)NC2=O)C3=O)CC1. The fraction of sp³-hybridized carbons (Fsp3) is 0.667. The molecule has 8 nitrogen and oxygen atoms in total. The number of carbonyl (C=O) groups is 3. The van der Waals surface area contributed by atoms with Crippen molar-refractivity contribution in [2.45, 2.75) is 84.1 Å². The lowest BCUT2D eigenvalue weighted by Crippen LogP contribution is -2.52. The van der Waals surface area contributed by atoms with Crippen molar-refractivity contribution in [1.29, 1.82) is 0 Å². The number of ether oxygens (including phenoxy) is 2. The van der Waals surface area contributed by atoms with E-state index in [-0.39, 0.29) is 30.4 Å². The third kappa shape index (κ3) is 6.04. The van der Waals surface area contributed by atoms with Gasteiger partial charge in [0.1, 0.15) is 6.04 Å². The van der Waals surface area contributed by atoms with E-state index in [0.29, 0.717) is 24.4 Å². The van der Waals surface area contributed by atoms with E-state index >= 15 is 0 Å². The second-order valence-electron chi connectivity index (χ2n) is 9.88. The van der Waals surface area contributed by atoms with Crippen LogP contribution in [0.3, 0.4) is 0 Å². The molecule has 1 aromatic carbocycles. The summed E-state index contributed by atoms with van der Waals surface area (Å²) < 4.78 is 12.3. The number of imide groups is 1. The van der Waals surface area contributed by atoms with Crippen molar-refractivity contribution in [1.82, 2.24) is 10.2 Å². The lowest BCUT2D eigenvalue weighted by Gasteiger charge is -2.37. The van der Waals surface area contributed by atoms with Gasteiger partial charge in [-0.3, -0.25) is 19.7 Å². The molecule has 0 spiro atoms. The summed E-state index contributed by atoms with van der Waals surface area (Å²) >= 11 is 0. The molecular formula is C27H39N3O5. The van der Waals surface area contributed by atoms with Gasteiger partial charge in [-0.2, -0.15) is 0 Å². The van der Waals surface area contributed by atoms with Gasteiger partial charge in [-0.05, 0) is 55.9 Å². The molecule has 3 aliphatic heterocycles. The third-order valence-electron chi connectivity index (χ3n) is 7.36. The van der Waals surface area contributed by atoms with Crippen LogP contribution in [0.2, 0.25) is 0 Å². The number of hydrogen-bond donors (Lipinski definition) is 1. The fourth-order valence-corrected chi connectivity index (χ4v) is 5.20. The number of benzene rings is 1. The number of carbonyl (C=O) groups excluding carboxylic acids is 3. The Labute approximate surface area is 208 Å². The topological polar surface area (TPSA) is 88.2 Å². The Balaban J connectivity index is 1.36. The van der Waals surface area contributed by atoms with Crippen LogP contribution < -0.4 is 10.2 Å². The maximum atomic E-state index is 13.0. The number of amides is 3. The van der Waals surface area contributed by atoms with E-state index < -0.39 is 6.04 Å². The van der Waals surface area contributed by atoms with Gasteiger partial charge in [-0.1, -0.05) is 26.7 Å². The van der Waals surface area contributed by atoms with Crippen molar-refractivity contribution < 1.29 is 23.9 Å². The molecule has 0 saturated carbocycles. The average Bonchev–Trinajstić information content (AvgIpc) is 3.19. The summed E-state index contributed by atoms with van der Waals surface area (Å²) in [6.07, 6.45) is 6.85. The number of fused-ring (bicyclic) bond motifs is 1. The van der Waals surface area contributed by atoms with Gasteiger partial charge in [0.25, 0.3) is 5.91 Å². The van der Waals surface area contributed by atoms with Gasteiger partial charge in [-0.25, -0.2) is 0 Å². The zero-order valence-electron chi connectivity index (χ0n) is 21.1. The van der Waals surface area contributed by atoms with E-state index in [9.17, 15) is 14.4 Å². The van der Waals surface area contributed by atoms with Crippen LogP contribution in [0, 0.1) is 5.92 Å². The molecule has 0 unspecified atom stereocenters. The van der Waals surface area contributed by atoms with Crippen LogP contribution in [0.5, 0.6) is 0 Å². The van der Waals surface area contributed by atoms with Crippen LogP contribution in [0.1, 0.15) is 81.1 Å². The molecule has 4 rings (SSSR count). The van der Waals surface area contributed by atoms with Crippen LogP contribution in [0.15, 0.2) is 18.2 Å². The molecule has 1 N–H and O–H groups in total. The summed E-state index contributed by atoms with van der Waals surface area (Å²) in [6, 6.07) is 5.41. The second-order valence-corrected chi connectivity index (χ2v) is 9.88. The molecule has 3 amide bonds. The smallest absolute Gasteiger partial charge is 0.255 e. The molecule has 2 saturated heterocycles. The second kappa shape index (κ2) is 12.0. The predicted octanol–water partition coefficient (Wildman–Crippen LogP) is 3.62. The number of hydrogen-bond acceptors (Lipinski definition) is 6. The highest BCUT2D eigenvalue weighted by Gasteiger charge is 2.39. The molecule has 3 heterocycles. The zero-order chi connectivity index (χ0) is 24.8. The predicted molar refractivity (Wildman–Crippen MR) is 133 cm³/mol. The van der Waals surface area contributed by atoms with Crippen molar-refractivity contribution >= 4 is 23.4 Å². The van der Waals surface area contributed by atoms with E-state index in [1.165, 1.54) is 0 Å².